The van der Waals surface area contributed by atoms with E-state index in [0.29, 0.717) is 0 Å². The average Bonchev–Trinajstić information content (AvgIpc) is 1.64. The highest BCUT2D eigenvalue weighted by atomic mass is 19.1. The van der Waals surface area contributed by atoms with Gasteiger partial charge in [0.2, 0.25) is 0 Å². The SMILES string of the molecule is C=C(F)C(N)=C(C)C. The Hall–Kier alpha value is -0.790. The molecule has 0 aromatic rings. The van der Waals surface area contributed by atoms with Crippen LogP contribution in [0.3, 0.4) is 0 Å². The minimum atomic E-state index is -0.551. The Morgan fingerprint density at radius 2 is 1.88 bits per heavy atom. The highest BCUT2D eigenvalue weighted by Gasteiger charge is 1.94. The second-order valence-corrected chi connectivity index (χ2v) is 1.82. The number of hydrogen-bond donors (Lipinski definition) is 1. The number of halogens is 1. The highest BCUT2D eigenvalue weighted by molar-refractivity contribution is 5.22. The van der Waals surface area contributed by atoms with Gasteiger partial charge in [0.05, 0.1) is 5.70 Å². The molecule has 0 unspecified atom stereocenters. The van der Waals surface area contributed by atoms with Gasteiger partial charge in [0.25, 0.3) is 0 Å². The van der Waals surface area contributed by atoms with Crippen LogP contribution in [-0.2, 0) is 0 Å². The summed E-state index contributed by atoms with van der Waals surface area (Å²) >= 11 is 0. The summed E-state index contributed by atoms with van der Waals surface area (Å²) in [6, 6.07) is 0. The molecule has 0 aliphatic rings. The molecule has 8 heavy (non-hydrogen) atoms. The predicted molar refractivity (Wildman–Crippen MR) is 32.8 cm³/mol. The third-order valence-electron chi connectivity index (χ3n) is 0.831. The van der Waals surface area contributed by atoms with Crippen molar-refractivity contribution in [3.05, 3.63) is 23.7 Å². The molecule has 0 radical (unpaired) electrons. The second kappa shape index (κ2) is 2.50. The van der Waals surface area contributed by atoms with Gasteiger partial charge in [-0.25, -0.2) is 4.39 Å². The number of hydrogen-bond acceptors (Lipinski definition) is 1. The van der Waals surface area contributed by atoms with E-state index in [-0.39, 0.29) is 5.70 Å². The molecule has 2 heteroatoms. The summed E-state index contributed by atoms with van der Waals surface area (Å²) in [5.41, 5.74) is 6.08. The quantitative estimate of drug-likeness (QED) is 0.517. The minimum Gasteiger partial charge on any atom is -0.396 e. The maximum Gasteiger partial charge on any atom is 0.138 e. The largest absolute Gasteiger partial charge is 0.396 e. The zero-order valence-electron chi connectivity index (χ0n) is 5.16. The molecule has 0 saturated carbocycles. The van der Waals surface area contributed by atoms with Crippen molar-refractivity contribution < 1.29 is 4.39 Å². The molecular formula is C6H10FN. The molecule has 0 amide bonds. The molecule has 2 N–H and O–H groups in total. The van der Waals surface area contributed by atoms with E-state index in [4.69, 9.17) is 5.73 Å². The summed E-state index contributed by atoms with van der Waals surface area (Å²) in [4.78, 5) is 0. The number of rotatable bonds is 1. The Labute approximate surface area is 48.7 Å². The molecule has 46 valence electrons. The predicted octanol–water partition coefficient (Wildman–Crippen LogP) is 1.72. The van der Waals surface area contributed by atoms with Crippen LogP contribution < -0.4 is 5.73 Å². The first-order valence-corrected chi connectivity index (χ1v) is 2.33. The van der Waals surface area contributed by atoms with Crippen LogP contribution in [0.5, 0.6) is 0 Å². The lowest BCUT2D eigenvalue weighted by Crippen LogP contribution is -1.98. The summed E-state index contributed by atoms with van der Waals surface area (Å²) in [6.07, 6.45) is 0. The molecule has 0 aromatic heterocycles. The van der Waals surface area contributed by atoms with Gasteiger partial charge in [-0.2, -0.15) is 0 Å². The smallest absolute Gasteiger partial charge is 0.138 e. The molecule has 0 spiro atoms. The van der Waals surface area contributed by atoms with E-state index in [0.717, 1.165) is 5.57 Å². The summed E-state index contributed by atoms with van der Waals surface area (Å²) in [7, 11) is 0. The summed E-state index contributed by atoms with van der Waals surface area (Å²) in [5.74, 6) is -0.551. The van der Waals surface area contributed by atoms with Gasteiger partial charge in [-0.05, 0) is 13.8 Å². The van der Waals surface area contributed by atoms with Gasteiger partial charge in [-0.1, -0.05) is 12.2 Å². The van der Waals surface area contributed by atoms with Gasteiger partial charge in [0.1, 0.15) is 5.83 Å². The van der Waals surface area contributed by atoms with Crippen molar-refractivity contribution in [2.75, 3.05) is 0 Å². The summed E-state index contributed by atoms with van der Waals surface area (Å²) in [6.45, 7) is 6.50. The zero-order valence-corrected chi connectivity index (χ0v) is 5.16. The molecule has 0 fully saturated rings. The van der Waals surface area contributed by atoms with Crippen molar-refractivity contribution in [2.45, 2.75) is 13.8 Å². The topological polar surface area (TPSA) is 26.0 Å². The van der Waals surface area contributed by atoms with Crippen LogP contribution in [0.25, 0.3) is 0 Å². The van der Waals surface area contributed by atoms with E-state index in [9.17, 15) is 4.39 Å². The maximum absolute atomic E-state index is 12.0. The maximum atomic E-state index is 12.0. The number of allylic oxidation sites excluding steroid dienone is 2. The monoisotopic (exact) mass is 115 g/mol. The first-order chi connectivity index (χ1) is 3.55. The molecule has 0 rings (SSSR count). The Balaban J connectivity index is 4.23. The molecule has 1 nitrogen and oxygen atoms in total. The Morgan fingerprint density at radius 1 is 1.50 bits per heavy atom. The van der Waals surface area contributed by atoms with Crippen LogP contribution in [0.15, 0.2) is 23.7 Å². The standard InChI is InChI=1S/C6H10FN/c1-4(2)6(8)5(3)7/h3,8H2,1-2H3. The Bertz CT molecular complexity index is 131. The molecule has 0 aliphatic heterocycles. The lowest BCUT2D eigenvalue weighted by molar-refractivity contribution is 0.650. The van der Waals surface area contributed by atoms with Gasteiger partial charge in [0.15, 0.2) is 0 Å². The molecule has 0 bridgehead atoms. The van der Waals surface area contributed by atoms with Gasteiger partial charge in [0, 0.05) is 0 Å². The van der Waals surface area contributed by atoms with Gasteiger partial charge < -0.3 is 5.73 Å². The van der Waals surface area contributed by atoms with E-state index in [1.165, 1.54) is 0 Å². The normalized spacial score (nSPS) is 8.38. The van der Waals surface area contributed by atoms with Crippen LogP contribution in [0.4, 0.5) is 4.39 Å². The van der Waals surface area contributed by atoms with Crippen molar-refractivity contribution >= 4 is 0 Å². The van der Waals surface area contributed by atoms with Crippen molar-refractivity contribution in [1.82, 2.24) is 0 Å². The average molecular weight is 115 g/mol. The van der Waals surface area contributed by atoms with E-state index in [2.05, 4.69) is 6.58 Å². The van der Waals surface area contributed by atoms with Gasteiger partial charge >= 0.3 is 0 Å². The van der Waals surface area contributed by atoms with Crippen LogP contribution >= 0.6 is 0 Å². The fourth-order valence-electron chi connectivity index (χ4n) is 0.271. The highest BCUT2D eigenvalue weighted by Crippen LogP contribution is 2.06. The van der Waals surface area contributed by atoms with E-state index >= 15 is 0 Å². The first kappa shape index (κ1) is 7.21. The van der Waals surface area contributed by atoms with Crippen molar-refractivity contribution in [3.8, 4) is 0 Å². The van der Waals surface area contributed by atoms with Crippen LogP contribution in [0.1, 0.15) is 13.8 Å². The van der Waals surface area contributed by atoms with E-state index < -0.39 is 5.83 Å². The molecule has 0 aliphatic carbocycles. The Kier molecular flexibility index (Phi) is 2.25. The van der Waals surface area contributed by atoms with Crippen LogP contribution in [-0.4, -0.2) is 0 Å². The molecule has 0 saturated heterocycles. The third kappa shape index (κ3) is 1.78. The zero-order chi connectivity index (χ0) is 6.73. The van der Waals surface area contributed by atoms with Crippen LogP contribution in [0, 0.1) is 0 Å². The summed E-state index contributed by atoms with van der Waals surface area (Å²) < 4.78 is 12.0. The van der Waals surface area contributed by atoms with E-state index in [1.807, 2.05) is 0 Å². The lowest BCUT2D eigenvalue weighted by Gasteiger charge is -1.95. The lowest BCUT2D eigenvalue weighted by atomic mass is 10.2. The van der Waals surface area contributed by atoms with E-state index in [1.54, 1.807) is 13.8 Å². The fourth-order valence-corrected chi connectivity index (χ4v) is 0.271. The minimum absolute atomic E-state index is 0.157. The van der Waals surface area contributed by atoms with Crippen molar-refractivity contribution in [1.29, 1.82) is 0 Å². The summed E-state index contributed by atoms with van der Waals surface area (Å²) in [5, 5.41) is 0. The van der Waals surface area contributed by atoms with Gasteiger partial charge in [-0.15, -0.1) is 0 Å². The third-order valence-corrected chi connectivity index (χ3v) is 0.831. The Morgan fingerprint density at radius 3 is 1.88 bits per heavy atom. The molecular weight excluding hydrogens is 105 g/mol. The van der Waals surface area contributed by atoms with Crippen LogP contribution in [0.2, 0.25) is 0 Å². The van der Waals surface area contributed by atoms with Crippen molar-refractivity contribution in [2.24, 2.45) is 5.73 Å². The fraction of sp³-hybridized carbons (Fsp3) is 0.333. The first-order valence-electron chi connectivity index (χ1n) is 2.33. The molecule has 0 heterocycles. The van der Waals surface area contributed by atoms with Crippen molar-refractivity contribution in [3.63, 3.8) is 0 Å². The molecule has 0 aromatic carbocycles. The second-order valence-electron chi connectivity index (χ2n) is 1.82. The van der Waals surface area contributed by atoms with Gasteiger partial charge in [-0.3, -0.25) is 0 Å². The number of nitrogens with two attached hydrogens (primary N) is 1. The molecule has 0 atom stereocenters.